The molecule has 0 bridgehead atoms. The zero-order valence-electron chi connectivity index (χ0n) is 11.4. The van der Waals surface area contributed by atoms with E-state index in [1.165, 1.54) is 11.7 Å². The zero-order valence-corrected chi connectivity index (χ0v) is 13.7. The van der Waals surface area contributed by atoms with Crippen molar-refractivity contribution in [2.75, 3.05) is 6.61 Å². The molecule has 1 aromatic carbocycles. The van der Waals surface area contributed by atoms with E-state index in [0.29, 0.717) is 24.3 Å². The fourth-order valence-electron chi connectivity index (χ4n) is 2.10. The van der Waals surface area contributed by atoms with Crippen LogP contribution in [0.1, 0.15) is 13.3 Å². The SMILES string of the molecule is CCCOc1cccc2c1c(S(=O)(=O)Cl)cn2C/C=C/Cl. The van der Waals surface area contributed by atoms with Crippen molar-refractivity contribution in [2.45, 2.75) is 24.8 Å². The van der Waals surface area contributed by atoms with Gasteiger partial charge < -0.3 is 9.30 Å². The molecule has 1 heterocycles. The molecule has 0 aliphatic carbocycles. The number of halogens is 2. The minimum absolute atomic E-state index is 0.0499. The van der Waals surface area contributed by atoms with E-state index in [0.717, 1.165) is 11.9 Å². The largest absolute Gasteiger partial charge is 0.493 e. The summed E-state index contributed by atoms with van der Waals surface area (Å²) in [7, 11) is 1.68. The van der Waals surface area contributed by atoms with Gasteiger partial charge in [-0.25, -0.2) is 8.42 Å². The molecule has 0 aliphatic rings. The van der Waals surface area contributed by atoms with Gasteiger partial charge in [-0.05, 0) is 18.6 Å². The molecule has 0 amide bonds. The van der Waals surface area contributed by atoms with Crippen molar-refractivity contribution in [3.8, 4) is 5.75 Å². The number of hydrogen-bond donors (Lipinski definition) is 0. The van der Waals surface area contributed by atoms with Crippen molar-refractivity contribution in [2.24, 2.45) is 0 Å². The van der Waals surface area contributed by atoms with Gasteiger partial charge in [0.05, 0.1) is 17.5 Å². The molecule has 21 heavy (non-hydrogen) atoms. The molecule has 0 aliphatic heterocycles. The maximum atomic E-state index is 11.8. The first-order chi connectivity index (χ1) is 9.99. The van der Waals surface area contributed by atoms with Crippen LogP contribution in [0.25, 0.3) is 10.9 Å². The summed E-state index contributed by atoms with van der Waals surface area (Å²) in [5, 5.41) is 0.504. The van der Waals surface area contributed by atoms with Crippen molar-refractivity contribution in [3.05, 3.63) is 36.0 Å². The number of allylic oxidation sites excluding steroid dienone is 1. The molecule has 0 saturated carbocycles. The summed E-state index contributed by atoms with van der Waals surface area (Å²) in [6.07, 6.45) is 4.04. The fraction of sp³-hybridized carbons (Fsp3) is 0.286. The number of nitrogens with zero attached hydrogens (tertiary/aromatic N) is 1. The van der Waals surface area contributed by atoms with Gasteiger partial charge in [-0.3, -0.25) is 0 Å². The van der Waals surface area contributed by atoms with Gasteiger partial charge in [-0.1, -0.05) is 30.7 Å². The Kier molecular flexibility index (Phi) is 5.19. The van der Waals surface area contributed by atoms with E-state index in [1.807, 2.05) is 19.1 Å². The minimum Gasteiger partial charge on any atom is -0.493 e. The third-order valence-electron chi connectivity index (χ3n) is 2.95. The predicted octanol–water partition coefficient (Wildman–Crippen LogP) is 4.11. The van der Waals surface area contributed by atoms with Crippen LogP contribution in [0, 0.1) is 0 Å². The van der Waals surface area contributed by atoms with Crippen LogP contribution in [0.2, 0.25) is 0 Å². The topological polar surface area (TPSA) is 48.3 Å². The number of rotatable bonds is 6. The van der Waals surface area contributed by atoms with E-state index in [1.54, 1.807) is 16.7 Å². The normalized spacial score (nSPS) is 12.3. The molecule has 114 valence electrons. The van der Waals surface area contributed by atoms with E-state index in [-0.39, 0.29) is 4.90 Å². The molecular weight excluding hydrogens is 333 g/mol. The Morgan fingerprint density at radius 3 is 2.76 bits per heavy atom. The summed E-state index contributed by atoms with van der Waals surface area (Å²) in [4.78, 5) is 0.0499. The number of benzene rings is 1. The van der Waals surface area contributed by atoms with Crippen molar-refractivity contribution < 1.29 is 13.2 Å². The first-order valence-corrected chi connectivity index (χ1v) is 9.18. The third kappa shape index (κ3) is 3.54. The lowest BCUT2D eigenvalue weighted by Gasteiger charge is -2.07. The van der Waals surface area contributed by atoms with Crippen molar-refractivity contribution in [3.63, 3.8) is 0 Å². The van der Waals surface area contributed by atoms with Gasteiger partial charge in [0.15, 0.2) is 0 Å². The van der Waals surface area contributed by atoms with Crippen LogP contribution in [-0.4, -0.2) is 19.6 Å². The zero-order chi connectivity index (χ0) is 15.5. The maximum absolute atomic E-state index is 11.8. The predicted molar refractivity (Wildman–Crippen MR) is 85.8 cm³/mol. The van der Waals surface area contributed by atoms with Crippen LogP contribution in [-0.2, 0) is 15.6 Å². The number of aromatic nitrogens is 1. The summed E-state index contributed by atoms with van der Waals surface area (Å²) in [5.41, 5.74) is 2.12. The van der Waals surface area contributed by atoms with Gasteiger partial charge in [-0.2, -0.15) is 0 Å². The van der Waals surface area contributed by atoms with Crippen LogP contribution in [0.3, 0.4) is 0 Å². The van der Waals surface area contributed by atoms with Gasteiger partial charge in [0.2, 0.25) is 0 Å². The maximum Gasteiger partial charge on any atom is 0.263 e. The van der Waals surface area contributed by atoms with E-state index >= 15 is 0 Å². The van der Waals surface area contributed by atoms with Crippen molar-refractivity contribution >= 4 is 42.2 Å². The standard InChI is InChI=1S/C14H15Cl2NO3S/c1-2-9-20-12-6-3-5-11-14(12)13(21(16,18)19)10-17(11)8-4-7-15/h3-7,10H,2,8-9H2,1H3/b7-4+. The number of fused-ring (bicyclic) bond motifs is 1. The first-order valence-electron chi connectivity index (χ1n) is 6.43. The van der Waals surface area contributed by atoms with Crippen LogP contribution in [0.4, 0.5) is 0 Å². The summed E-state index contributed by atoms with van der Waals surface area (Å²) < 4.78 is 31.0. The van der Waals surface area contributed by atoms with Crippen molar-refractivity contribution in [1.29, 1.82) is 0 Å². The monoisotopic (exact) mass is 347 g/mol. The molecule has 0 spiro atoms. The Labute approximate surface area is 133 Å². The van der Waals surface area contributed by atoms with Crippen LogP contribution < -0.4 is 4.74 Å². The molecule has 0 radical (unpaired) electrons. The molecule has 0 unspecified atom stereocenters. The quantitative estimate of drug-likeness (QED) is 0.738. The second-order valence-electron chi connectivity index (χ2n) is 4.44. The summed E-state index contributed by atoms with van der Waals surface area (Å²) >= 11 is 5.54. The lowest BCUT2D eigenvalue weighted by Crippen LogP contribution is -1.97. The molecule has 0 N–H and O–H groups in total. The fourth-order valence-corrected chi connectivity index (χ4v) is 3.24. The van der Waals surface area contributed by atoms with E-state index in [9.17, 15) is 8.42 Å². The molecule has 4 nitrogen and oxygen atoms in total. The first kappa shape index (κ1) is 16.2. The number of ether oxygens (including phenoxy) is 1. The Hall–Kier alpha value is -1.17. The van der Waals surface area contributed by atoms with Gasteiger partial charge in [0.25, 0.3) is 9.05 Å². The second kappa shape index (κ2) is 6.73. The minimum atomic E-state index is -3.87. The highest BCUT2D eigenvalue weighted by atomic mass is 35.7. The van der Waals surface area contributed by atoms with E-state index < -0.39 is 9.05 Å². The lowest BCUT2D eigenvalue weighted by atomic mass is 10.2. The Bertz CT molecular complexity index is 766. The van der Waals surface area contributed by atoms with Gasteiger partial charge >= 0.3 is 0 Å². The van der Waals surface area contributed by atoms with Crippen LogP contribution in [0.5, 0.6) is 5.75 Å². The van der Waals surface area contributed by atoms with Crippen LogP contribution in [0.15, 0.2) is 40.9 Å². The highest BCUT2D eigenvalue weighted by molar-refractivity contribution is 8.14. The number of hydrogen-bond acceptors (Lipinski definition) is 3. The van der Waals surface area contributed by atoms with Crippen LogP contribution >= 0.6 is 22.3 Å². The Morgan fingerprint density at radius 2 is 2.14 bits per heavy atom. The highest BCUT2D eigenvalue weighted by Gasteiger charge is 2.21. The molecule has 0 saturated heterocycles. The van der Waals surface area contributed by atoms with E-state index in [2.05, 4.69) is 0 Å². The summed E-state index contributed by atoms with van der Waals surface area (Å²) in [6, 6.07) is 5.38. The second-order valence-corrected chi connectivity index (χ2v) is 7.23. The molecule has 1 aromatic heterocycles. The average Bonchev–Trinajstić information content (AvgIpc) is 2.82. The Morgan fingerprint density at radius 1 is 1.38 bits per heavy atom. The molecular formula is C14H15Cl2NO3S. The molecule has 2 rings (SSSR count). The summed E-state index contributed by atoms with van der Waals surface area (Å²) in [5.74, 6) is 0.516. The van der Waals surface area contributed by atoms with Gasteiger partial charge in [0.1, 0.15) is 10.6 Å². The molecule has 0 fully saturated rings. The molecule has 2 aromatic rings. The van der Waals surface area contributed by atoms with Gasteiger partial charge in [0, 0.05) is 29.0 Å². The third-order valence-corrected chi connectivity index (χ3v) is 4.46. The average molecular weight is 348 g/mol. The van der Waals surface area contributed by atoms with Crippen molar-refractivity contribution in [1.82, 2.24) is 4.57 Å². The molecule has 0 atom stereocenters. The van der Waals surface area contributed by atoms with E-state index in [4.69, 9.17) is 27.0 Å². The molecule has 7 heteroatoms. The Balaban J connectivity index is 2.69. The smallest absolute Gasteiger partial charge is 0.263 e. The summed E-state index contributed by atoms with van der Waals surface area (Å²) in [6.45, 7) is 2.94. The van der Waals surface area contributed by atoms with Gasteiger partial charge in [-0.15, -0.1) is 0 Å². The highest BCUT2D eigenvalue weighted by Crippen LogP contribution is 2.35. The lowest BCUT2D eigenvalue weighted by molar-refractivity contribution is 0.321.